The van der Waals surface area contributed by atoms with Crippen LogP contribution in [-0.2, 0) is 7.05 Å². The lowest BCUT2D eigenvalue weighted by Crippen LogP contribution is -2.41. The highest BCUT2D eigenvalue weighted by atomic mass is 32.2. The summed E-state index contributed by atoms with van der Waals surface area (Å²) >= 11 is 1.14. The van der Waals surface area contributed by atoms with Gasteiger partial charge in [-0.2, -0.15) is 0 Å². The van der Waals surface area contributed by atoms with Crippen molar-refractivity contribution in [1.82, 2.24) is 19.7 Å². The molecule has 1 aromatic heterocycles. The second-order valence-electron chi connectivity index (χ2n) is 8.14. The molecule has 3 aromatic rings. The normalized spacial score (nSPS) is 14.3. The summed E-state index contributed by atoms with van der Waals surface area (Å²) in [6, 6.07) is 10.7. The number of aromatic nitrogens is 3. The number of carbonyl (C=O) groups excluding carboxylic acids is 1. The van der Waals surface area contributed by atoms with Crippen molar-refractivity contribution in [2.45, 2.75) is 42.8 Å². The smallest absolute Gasteiger partial charge is 0.284 e. The van der Waals surface area contributed by atoms with Gasteiger partial charge in [0.15, 0.2) is 5.16 Å². The van der Waals surface area contributed by atoms with Gasteiger partial charge in [-0.1, -0.05) is 12.1 Å². The minimum Gasteiger partial charge on any atom is -0.490 e. The van der Waals surface area contributed by atoms with Crippen molar-refractivity contribution in [2.24, 2.45) is 7.05 Å². The second kappa shape index (κ2) is 9.62. The van der Waals surface area contributed by atoms with E-state index in [0.29, 0.717) is 41.5 Å². The molecule has 0 radical (unpaired) electrons. The van der Waals surface area contributed by atoms with Gasteiger partial charge in [0.05, 0.1) is 9.82 Å². The van der Waals surface area contributed by atoms with Crippen LogP contribution < -0.4 is 4.74 Å². The number of amides is 1. The van der Waals surface area contributed by atoms with E-state index in [1.807, 2.05) is 26.0 Å². The summed E-state index contributed by atoms with van der Waals surface area (Å²) in [5.74, 6) is 0.671. The summed E-state index contributed by atoms with van der Waals surface area (Å²) < 4.78 is 7.86. The van der Waals surface area contributed by atoms with Gasteiger partial charge in [0.25, 0.3) is 11.6 Å². The van der Waals surface area contributed by atoms with Gasteiger partial charge in [0.2, 0.25) is 0 Å². The molecule has 1 aliphatic heterocycles. The predicted molar refractivity (Wildman–Crippen MR) is 124 cm³/mol. The Bertz CT molecular complexity index is 1190. The number of carbonyl (C=O) groups is 1. The molecule has 10 heteroatoms. The summed E-state index contributed by atoms with van der Waals surface area (Å²) in [5.41, 5.74) is 2.41. The number of aryl methyl sites for hydroxylation is 3. The molecule has 0 atom stereocenters. The quantitative estimate of drug-likeness (QED) is 0.396. The van der Waals surface area contributed by atoms with Gasteiger partial charge in [-0.15, -0.1) is 10.2 Å². The third-order valence-electron chi connectivity index (χ3n) is 5.64. The van der Waals surface area contributed by atoms with Crippen LogP contribution in [0.15, 0.2) is 52.8 Å². The minimum absolute atomic E-state index is 0.0362. The van der Waals surface area contributed by atoms with Crippen LogP contribution in [0.4, 0.5) is 5.69 Å². The predicted octanol–water partition coefficient (Wildman–Crippen LogP) is 4.17. The van der Waals surface area contributed by atoms with E-state index in [1.54, 1.807) is 28.6 Å². The largest absolute Gasteiger partial charge is 0.490 e. The van der Waals surface area contributed by atoms with Crippen molar-refractivity contribution in [3.8, 4) is 5.75 Å². The Morgan fingerprint density at radius 3 is 2.61 bits per heavy atom. The van der Waals surface area contributed by atoms with Crippen LogP contribution in [0.3, 0.4) is 0 Å². The number of hydrogen-bond acceptors (Lipinski definition) is 7. The van der Waals surface area contributed by atoms with E-state index in [9.17, 15) is 14.9 Å². The summed E-state index contributed by atoms with van der Waals surface area (Å²) in [7, 11) is 1.76. The fraction of sp³-hybridized carbons (Fsp3) is 0.348. The highest BCUT2D eigenvalue weighted by molar-refractivity contribution is 7.99. The number of likely N-dealkylation sites (tertiary alicyclic amines) is 1. The Morgan fingerprint density at radius 2 is 1.94 bits per heavy atom. The number of nitrogens with zero attached hydrogens (tertiary/aromatic N) is 5. The van der Waals surface area contributed by atoms with E-state index in [1.165, 1.54) is 12.4 Å². The van der Waals surface area contributed by atoms with Crippen molar-refractivity contribution < 1.29 is 14.5 Å². The number of hydrogen-bond donors (Lipinski definition) is 0. The average molecular weight is 468 g/mol. The number of piperidine rings is 1. The molecule has 9 nitrogen and oxygen atoms in total. The first-order valence-electron chi connectivity index (χ1n) is 10.7. The molecule has 4 rings (SSSR count). The third-order valence-corrected chi connectivity index (χ3v) is 6.76. The zero-order valence-corrected chi connectivity index (χ0v) is 19.5. The van der Waals surface area contributed by atoms with Crippen LogP contribution in [0.1, 0.15) is 34.3 Å². The Morgan fingerprint density at radius 1 is 1.18 bits per heavy atom. The van der Waals surface area contributed by atoms with Gasteiger partial charge >= 0.3 is 0 Å². The van der Waals surface area contributed by atoms with E-state index >= 15 is 0 Å². The zero-order chi connectivity index (χ0) is 23.5. The summed E-state index contributed by atoms with van der Waals surface area (Å²) in [6.07, 6.45) is 2.98. The number of nitro benzene ring substituents is 1. The van der Waals surface area contributed by atoms with Crippen molar-refractivity contribution in [2.75, 3.05) is 13.1 Å². The molecule has 1 saturated heterocycles. The monoisotopic (exact) mass is 467 g/mol. The van der Waals surface area contributed by atoms with Crippen molar-refractivity contribution in [1.29, 1.82) is 0 Å². The van der Waals surface area contributed by atoms with Gasteiger partial charge in [-0.3, -0.25) is 14.9 Å². The van der Waals surface area contributed by atoms with Crippen molar-refractivity contribution in [3.05, 3.63) is 69.5 Å². The van der Waals surface area contributed by atoms with E-state index in [-0.39, 0.29) is 17.7 Å². The van der Waals surface area contributed by atoms with E-state index in [4.69, 9.17) is 4.74 Å². The Hall–Kier alpha value is -3.40. The molecular formula is C23H25N5O4S. The molecule has 2 aromatic carbocycles. The van der Waals surface area contributed by atoms with Crippen molar-refractivity contribution in [3.63, 3.8) is 0 Å². The molecule has 0 saturated carbocycles. The highest BCUT2D eigenvalue weighted by Crippen LogP contribution is 2.34. The molecule has 1 aliphatic rings. The first-order chi connectivity index (χ1) is 15.8. The lowest BCUT2D eigenvalue weighted by Gasteiger charge is -2.32. The molecule has 0 spiro atoms. The van der Waals surface area contributed by atoms with E-state index in [2.05, 4.69) is 16.3 Å². The molecule has 0 unspecified atom stereocenters. The lowest BCUT2D eigenvalue weighted by atomic mass is 10.1. The number of ether oxygens (including phenoxy) is 1. The molecule has 33 heavy (non-hydrogen) atoms. The lowest BCUT2D eigenvalue weighted by molar-refractivity contribution is -0.387. The Labute approximate surface area is 195 Å². The molecule has 1 fully saturated rings. The standard InChI is InChI=1S/C23H25N5O4S/c1-15-4-5-16(2)20(12-15)32-18-8-10-27(11-9-18)22(29)17-6-7-21(19(13-17)28(30)31)33-23-25-24-14-26(23)3/h4-7,12-14,18H,8-11H2,1-3H3. The highest BCUT2D eigenvalue weighted by Gasteiger charge is 2.27. The SMILES string of the molecule is Cc1ccc(C)c(OC2CCN(C(=O)c3ccc(Sc4nncn4C)c([N+](=O)[O-])c3)CC2)c1. The summed E-state index contributed by atoms with van der Waals surface area (Å²) in [5, 5.41) is 19.9. The number of nitro groups is 1. The van der Waals surface area contributed by atoms with E-state index < -0.39 is 4.92 Å². The van der Waals surface area contributed by atoms with Gasteiger partial charge in [-0.05, 0) is 54.9 Å². The van der Waals surface area contributed by atoms with Crippen LogP contribution >= 0.6 is 11.8 Å². The molecule has 2 heterocycles. The van der Waals surface area contributed by atoms with Gasteiger partial charge in [0.1, 0.15) is 18.2 Å². The van der Waals surface area contributed by atoms with Crippen LogP contribution in [0, 0.1) is 24.0 Å². The second-order valence-corrected chi connectivity index (χ2v) is 9.15. The average Bonchev–Trinajstić information content (AvgIpc) is 3.20. The van der Waals surface area contributed by atoms with Crippen LogP contribution in [-0.4, -0.2) is 49.7 Å². The van der Waals surface area contributed by atoms with E-state index in [0.717, 1.165) is 28.6 Å². The maximum atomic E-state index is 13.0. The molecule has 0 N–H and O–H groups in total. The fourth-order valence-electron chi connectivity index (χ4n) is 3.72. The summed E-state index contributed by atoms with van der Waals surface area (Å²) in [4.78, 5) is 26.4. The summed E-state index contributed by atoms with van der Waals surface area (Å²) in [6.45, 7) is 5.13. The number of benzene rings is 2. The number of rotatable bonds is 6. The Balaban J connectivity index is 1.43. The van der Waals surface area contributed by atoms with Crippen LogP contribution in [0.2, 0.25) is 0 Å². The minimum atomic E-state index is -0.472. The molecular weight excluding hydrogens is 442 g/mol. The molecule has 172 valence electrons. The maximum Gasteiger partial charge on any atom is 0.284 e. The third kappa shape index (κ3) is 5.16. The fourth-order valence-corrected chi connectivity index (χ4v) is 4.57. The van der Waals surface area contributed by atoms with Crippen LogP contribution in [0.5, 0.6) is 5.75 Å². The van der Waals surface area contributed by atoms with Gasteiger partial charge in [0, 0.05) is 44.6 Å². The van der Waals surface area contributed by atoms with Crippen molar-refractivity contribution >= 4 is 23.4 Å². The first-order valence-corrected chi connectivity index (χ1v) is 11.5. The molecule has 0 aliphatic carbocycles. The molecule has 0 bridgehead atoms. The Kier molecular flexibility index (Phi) is 6.64. The van der Waals surface area contributed by atoms with Gasteiger partial charge in [-0.25, -0.2) is 0 Å². The first kappa shape index (κ1) is 22.8. The zero-order valence-electron chi connectivity index (χ0n) is 18.7. The van der Waals surface area contributed by atoms with Gasteiger partial charge < -0.3 is 14.2 Å². The topological polar surface area (TPSA) is 103 Å². The van der Waals surface area contributed by atoms with Crippen LogP contribution in [0.25, 0.3) is 0 Å². The molecule has 1 amide bonds. The maximum absolute atomic E-state index is 13.0.